The van der Waals surface area contributed by atoms with E-state index in [-0.39, 0.29) is 5.84 Å². The minimum Gasteiger partial charge on any atom is -0.494 e. The second kappa shape index (κ2) is 8.39. The van der Waals surface area contributed by atoms with Gasteiger partial charge in [0.15, 0.2) is 5.84 Å². The van der Waals surface area contributed by atoms with E-state index in [1.165, 1.54) is 25.7 Å². The average Bonchev–Trinajstić information content (AvgIpc) is 2.42. The first-order valence-electron chi connectivity index (χ1n) is 6.48. The average molecular weight is 250 g/mol. The Morgan fingerprint density at radius 1 is 1.17 bits per heavy atom. The van der Waals surface area contributed by atoms with Crippen molar-refractivity contribution in [1.29, 1.82) is 0 Å². The van der Waals surface area contributed by atoms with Crippen LogP contribution >= 0.6 is 0 Å². The van der Waals surface area contributed by atoms with E-state index in [9.17, 15) is 0 Å². The Morgan fingerprint density at radius 3 is 2.44 bits per heavy atom. The monoisotopic (exact) mass is 250 g/mol. The van der Waals surface area contributed by atoms with Crippen molar-refractivity contribution in [3.63, 3.8) is 0 Å². The lowest BCUT2D eigenvalue weighted by Crippen LogP contribution is -2.12. The quantitative estimate of drug-likeness (QED) is 0.245. The minimum absolute atomic E-state index is 0.112. The predicted molar refractivity (Wildman–Crippen MR) is 73.2 cm³/mol. The van der Waals surface area contributed by atoms with E-state index in [2.05, 4.69) is 12.1 Å². The van der Waals surface area contributed by atoms with Crippen molar-refractivity contribution in [3.05, 3.63) is 29.8 Å². The molecular formula is C14H22N2O2. The van der Waals surface area contributed by atoms with Crippen LogP contribution in [-0.2, 0) is 0 Å². The summed E-state index contributed by atoms with van der Waals surface area (Å²) in [5.41, 5.74) is 6.16. The number of nitrogens with zero attached hydrogens (tertiary/aromatic N) is 1. The molecule has 0 aliphatic carbocycles. The van der Waals surface area contributed by atoms with Crippen molar-refractivity contribution in [3.8, 4) is 5.75 Å². The van der Waals surface area contributed by atoms with Crippen molar-refractivity contribution in [2.24, 2.45) is 10.9 Å². The third-order valence-corrected chi connectivity index (χ3v) is 2.77. The minimum atomic E-state index is 0.112. The summed E-state index contributed by atoms with van der Waals surface area (Å²) in [6, 6.07) is 7.22. The van der Waals surface area contributed by atoms with Gasteiger partial charge in [0, 0.05) is 5.56 Å². The standard InChI is InChI=1S/C14H22N2O2/c1-2-3-4-5-6-11-18-13-9-7-12(8-10-13)14(15)16-17/h7-10,17H,2-6,11H2,1H3,(H2,15,16). The van der Waals surface area contributed by atoms with Gasteiger partial charge in [-0.05, 0) is 30.7 Å². The van der Waals surface area contributed by atoms with Crippen molar-refractivity contribution < 1.29 is 9.94 Å². The molecule has 0 amide bonds. The van der Waals surface area contributed by atoms with Gasteiger partial charge in [-0.25, -0.2) is 0 Å². The van der Waals surface area contributed by atoms with Crippen LogP contribution in [0.1, 0.15) is 44.6 Å². The number of hydrogen-bond donors (Lipinski definition) is 2. The predicted octanol–water partition coefficient (Wildman–Crippen LogP) is 3.13. The Balaban J connectivity index is 2.27. The van der Waals surface area contributed by atoms with Crippen molar-refractivity contribution in [2.45, 2.75) is 39.0 Å². The molecule has 0 saturated heterocycles. The van der Waals surface area contributed by atoms with Gasteiger partial charge in [-0.3, -0.25) is 0 Å². The molecule has 18 heavy (non-hydrogen) atoms. The molecule has 4 heteroatoms. The maximum Gasteiger partial charge on any atom is 0.170 e. The molecule has 0 fully saturated rings. The Kier molecular flexibility index (Phi) is 6.69. The molecule has 0 saturated carbocycles. The van der Waals surface area contributed by atoms with E-state index >= 15 is 0 Å². The molecular weight excluding hydrogens is 228 g/mol. The summed E-state index contributed by atoms with van der Waals surface area (Å²) in [6.45, 7) is 2.95. The van der Waals surface area contributed by atoms with Gasteiger partial charge in [0.05, 0.1) is 6.61 Å². The normalized spacial score (nSPS) is 11.5. The van der Waals surface area contributed by atoms with E-state index < -0.39 is 0 Å². The van der Waals surface area contributed by atoms with E-state index in [4.69, 9.17) is 15.7 Å². The van der Waals surface area contributed by atoms with Crippen LogP contribution in [0.2, 0.25) is 0 Å². The van der Waals surface area contributed by atoms with Crippen molar-refractivity contribution in [2.75, 3.05) is 6.61 Å². The molecule has 1 aromatic rings. The number of ether oxygens (including phenoxy) is 1. The summed E-state index contributed by atoms with van der Waals surface area (Å²) in [7, 11) is 0. The highest BCUT2D eigenvalue weighted by molar-refractivity contribution is 5.97. The first kappa shape index (κ1) is 14.4. The van der Waals surface area contributed by atoms with Crippen LogP contribution in [0.3, 0.4) is 0 Å². The van der Waals surface area contributed by atoms with Gasteiger partial charge >= 0.3 is 0 Å². The van der Waals surface area contributed by atoms with Crippen molar-refractivity contribution in [1.82, 2.24) is 0 Å². The fourth-order valence-electron chi connectivity index (χ4n) is 1.68. The fraction of sp³-hybridized carbons (Fsp3) is 0.500. The summed E-state index contributed by atoms with van der Waals surface area (Å²) in [4.78, 5) is 0. The lowest BCUT2D eigenvalue weighted by atomic mass is 10.2. The highest BCUT2D eigenvalue weighted by Gasteiger charge is 1.99. The molecule has 1 aromatic carbocycles. The summed E-state index contributed by atoms with van der Waals surface area (Å²) in [5, 5.41) is 11.5. The Bertz CT molecular complexity index is 361. The summed E-state index contributed by atoms with van der Waals surface area (Å²) < 4.78 is 5.61. The van der Waals surface area contributed by atoms with E-state index in [1.54, 1.807) is 12.1 Å². The van der Waals surface area contributed by atoms with Crippen LogP contribution < -0.4 is 10.5 Å². The lowest BCUT2D eigenvalue weighted by Gasteiger charge is -2.06. The first-order valence-corrected chi connectivity index (χ1v) is 6.48. The number of oxime groups is 1. The largest absolute Gasteiger partial charge is 0.494 e. The van der Waals surface area contributed by atoms with E-state index in [0.29, 0.717) is 5.56 Å². The fourth-order valence-corrected chi connectivity index (χ4v) is 1.68. The zero-order valence-corrected chi connectivity index (χ0v) is 10.9. The molecule has 0 spiro atoms. The van der Waals surface area contributed by atoms with Crippen LogP contribution in [0.4, 0.5) is 0 Å². The van der Waals surface area contributed by atoms with Gasteiger partial charge in [-0.1, -0.05) is 37.8 Å². The van der Waals surface area contributed by atoms with E-state index in [0.717, 1.165) is 18.8 Å². The van der Waals surface area contributed by atoms with Crippen LogP contribution in [-0.4, -0.2) is 17.6 Å². The van der Waals surface area contributed by atoms with Crippen LogP contribution in [0.5, 0.6) is 5.75 Å². The number of hydrogen-bond acceptors (Lipinski definition) is 3. The third kappa shape index (κ3) is 5.08. The number of rotatable bonds is 8. The molecule has 0 aliphatic rings. The molecule has 0 unspecified atom stereocenters. The SMILES string of the molecule is CCCCCCCOc1ccc(/C(N)=N\O)cc1. The molecule has 0 bridgehead atoms. The van der Waals surface area contributed by atoms with E-state index in [1.807, 2.05) is 12.1 Å². The molecule has 0 aromatic heterocycles. The summed E-state index contributed by atoms with van der Waals surface area (Å²) in [5.74, 6) is 0.932. The molecule has 3 N–H and O–H groups in total. The lowest BCUT2D eigenvalue weighted by molar-refractivity contribution is 0.304. The highest BCUT2D eigenvalue weighted by Crippen LogP contribution is 2.13. The Hall–Kier alpha value is -1.71. The topological polar surface area (TPSA) is 67.8 Å². The second-order valence-corrected chi connectivity index (χ2v) is 4.27. The molecule has 1 rings (SSSR count). The van der Waals surface area contributed by atoms with Crippen LogP contribution in [0, 0.1) is 0 Å². The molecule has 0 atom stereocenters. The second-order valence-electron chi connectivity index (χ2n) is 4.27. The number of unbranched alkanes of at least 4 members (excludes halogenated alkanes) is 4. The number of benzene rings is 1. The smallest absolute Gasteiger partial charge is 0.170 e. The molecule has 0 aliphatic heterocycles. The van der Waals surface area contributed by atoms with Gasteiger partial charge in [-0.15, -0.1) is 0 Å². The van der Waals surface area contributed by atoms with Crippen LogP contribution in [0.25, 0.3) is 0 Å². The number of nitrogens with two attached hydrogens (primary N) is 1. The van der Waals surface area contributed by atoms with Gasteiger partial charge in [0.25, 0.3) is 0 Å². The Labute approximate surface area is 108 Å². The zero-order valence-electron chi connectivity index (χ0n) is 10.9. The van der Waals surface area contributed by atoms with Gasteiger partial charge < -0.3 is 15.7 Å². The van der Waals surface area contributed by atoms with Gasteiger partial charge in [0.2, 0.25) is 0 Å². The van der Waals surface area contributed by atoms with Crippen LogP contribution in [0.15, 0.2) is 29.4 Å². The van der Waals surface area contributed by atoms with Gasteiger partial charge in [-0.2, -0.15) is 0 Å². The molecule has 0 radical (unpaired) electrons. The molecule has 4 nitrogen and oxygen atoms in total. The molecule has 100 valence electrons. The van der Waals surface area contributed by atoms with Gasteiger partial charge in [0.1, 0.15) is 5.75 Å². The zero-order chi connectivity index (χ0) is 13.2. The maximum absolute atomic E-state index is 8.53. The Morgan fingerprint density at radius 2 is 1.83 bits per heavy atom. The highest BCUT2D eigenvalue weighted by atomic mass is 16.5. The first-order chi connectivity index (χ1) is 8.77. The third-order valence-electron chi connectivity index (χ3n) is 2.77. The molecule has 0 heterocycles. The maximum atomic E-state index is 8.53. The summed E-state index contributed by atoms with van der Waals surface area (Å²) >= 11 is 0. The van der Waals surface area contributed by atoms with Crippen molar-refractivity contribution >= 4 is 5.84 Å². The number of amidine groups is 1. The summed E-state index contributed by atoms with van der Waals surface area (Å²) in [6.07, 6.45) is 6.14.